The van der Waals surface area contributed by atoms with Crippen LogP contribution < -0.4 is 5.32 Å². The van der Waals surface area contributed by atoms with E-state index in [2.05, 4.69) is 52.3 Å². The summed E-state index contributed by atoms with van der Waals surface area (Å²) in [6.07, 6.45) is 1.95. The molecule has 2 aliphatic rings. The average molecular weight is 441 g/mol. The monoisotopic (exact) mass is 440 g/mol. The number of aromatic nitrogens is 1. The summed E-state index contributed by atoms with van der Waals surface area (Å²) in [6, 6.07) is 17.3. The van der Waals surface area contributed by atoms with Gasteiger partial charge in [-0.05, 0) is 69.0 Å². The van der Waals surface area contributed by atoms with Gasteiger partial charge in [0, 0.05) is 54.1 Å². The molecule has 33 heavy (non-hydrogen) atoms. The van der Waals surface area contributed by atoms with Crippen molar-refractivity contribution in [1.29, 1.82) is 0 Å². The summed E-state index contributed by atoms with van der Waals surface area (Å²) in [6.45, 7) is 6.39. The number of hydrogen-bond donors (Lipinski definition) is 2. The van der Waals surface area contributed by atoms with Gasteiger partial charge < -0.3 is 20.1 Å². The van der Waals surface area contributed by atoms with Crippen LogP contribution in [0.25, 0.3) is 10.9 Å². The number of carbonyl (C=O) groups is 1. The zero-order valence-corrected chi connectivity index (χ0v) is 19.7. The lowest BCUT2D eigenvalue weighted by Gasteiger charge is -2.46. The number of fused-ring (bicyclic) bond motifs is 2. The normalized spacial score (nSPS) is 21.7. The third-order valence-electron chi connectivity index (χ3n) is 7.33. The minimum atomic E-state index is 0.0478. The highest BCUT2D eigenvalue weighted by Gasteiger charge is 2.40. The maximum atomic E-state index is 12.7. The number of hydrogen-bond acceptors (Lipinski definition) is 2. The van der Waals surface area contributed by atoms with Gasteiger partial charge in [-0.1, -0.05) is 36.3 Å². The fourth-order valence-electron chi connectivity index (χ4n) is 5.67. The van der Waals surface area contributed by atoms with Crippen LogP contribution in [-0.2, 0) is 6.42 Å². The number of urea groups is 1. The molecule has 0 bridgehead atoms. The van der Waals surface area contributed by atoms with Gasteiger partial charge in [-0.3, -0.25) is 0 Å². The average Bonchev–Trinajstić information content (AvgIpc) is 3.18. The third kappa shape index (κ3) is 4.00. The lowest BCUT2D eigenvalue weighted by Crippen LogP contribution is -2.56. The molecule has 0 saturated carbocycles. The van der Waals surface area contributed by atoms with Crippen LogP contribution in [0.15, 0.2) is 48.5 Å². The molecule has 5 nitrogen and oxygen atoms in total. The maximum absolute atomic E-state index is 12.7. The van der Waals surface area contributed by atoms with Crippen molar-refractivity contribution < 1.29 is 4.79 Å². The summed E-state index contributed by atoms with van der Waals surface area (Å²) in [5, 5.41) is 4.63. The number of piperidine rings is 1. The highest BCUT2D eigenvalue weighted by molar-refractivity contribution is 5.91. The molecule has 2 aromatic carbocycles. The van der Waals surface area contributed by atoms with E-state index in [4.69, 9.17) is 0 Å². The molecule has 1 unspecified atom stereocenters. The van der Waals surface area contributed by atoms with Gasteiger partial charge in [0.05, 0.1) is 5.69 Å². The molecule has 170 valence electrons. The van der Waals surface area contributed by atoms with Gasteiger partial charge in [0.25, 0.3) is 0 Å². The Labute approximate surface area is 196 Å². The highest BCUT2D eigenvalue weighted by Crippen LogP contribution is 2.44. The minimum Gasteiger partial charge on any atom is -0.348 e. The van der Waals surface area contributed by atoms with Crippen molar-refractivity contribution in [3.63, 3.8) is 0 Å². The minimum absolute atomic E-state index is 0.0478. The third-order valence-corrected chi connectivity index (χ3v) is 7.33. The molecule has 1 saturated heterocycles. The summed E-state index contributed by atoms with van der Waals surface area (Å²) in [5.74, 6) is 7.14. The standard InChI is InChI=1S/C28H32N4O/c1-4-32(5-2)28(33)29-20-16-22-21-12-9-13-25-27(21)23(17-26(22)31(3)18-20)24(30-25)15-14-19-10-7-6-8-11-19/h6-13,20,22,26,30H,4-5,16-18H2,1-3H3,(H,29,33)/t20-,22?,26+/m0/s1. The Balaban J connectivity index is 1.47. The van der Waals surface area contributed by atoms with E-state index in [1.165, 1.54) is 16.5 Å². The van der Waals surface area contributed by atoms with Gasteiger partial charge in [0.15, 0.2) is 0 Å². The highest BCUT2D eigenvalue weighted by atomic mass is 16.2. The number of carbonyl (C=O) groups excluding carboxylic acids is 1. The molecule has 5 heteroatoms. The molecule has 1 fully saturated rings. The topological polar surface area (TPSA) is 51.4 Å². The Bertz CT molecular complexity index is 1220. The number of likely N-dealkylation sites (tertiary alicyclic amines) is 1. The summed E-state index contributed by atoms with van der Waals surface area (Å²) in [5.41, 5.74) is 5.94. The van der Waals surface area contributed by atoms with Crippen molar-refractivity contribution in [2.75, 3.05) is 26.7 Å². The van der Waals surface area contributed by atoms with E-state index in [0.717, 1.165) is 49.2 Å². The smallest absolute Gasteiger partial charge is 0.317 e. The maximum Gasteiger partial charge on any atom is 0.317 e. The molecule has 0 spiro atoms. The first-order valence-corrected chi connectivity index (χ1v) is 12.0. The van der Waals surface area contributed by atoms with Crippen molar-refractivity contribution in [2.24, 2.45) is 0 Å². The predicted octanol–water partition coefficient (Wildman–Crippen LogP) is 4.33. The quantitative estimate of drug-likeness (QED) is 0.596. The van der Waals surface area contributed by atoms with Crippen LogP contribution in [0.1, 0.15) is 48.6 Å². The van der Waals surface area contributed by atoms with Gasteiger partial charge in [-0.15, -0.1) is 0 Å². The Hall–Kier alpha value is -3.23. The number of amides is 2. The molecular weight excluding hydrogens is 408 g/mol. The fourth-order valence-corrected chi connectivity index (χ4v) is 5.67. The van der Waals surface area contributed by atoms with Crippen LogP contribution in [0.5, 0.6) is 0 Å². The first-order valence-electron chi connectivity index (χ1n) is 12.0. The zero-order chi connectivity index (χ0) is 22.9. The molecule has 2 N–H and O–H groups in total. The molecule has 5 rings (SSSR count). The van der Waals surface area contributed by atoms with E-state index in [-0.39, 0.29) is 12.1 Å². The van der Waals surface area contributed by atoms with Crippen LogP contribution in [0.3, 0.4) is 0 Å². The lowest BCUT2D eigenvalue weighted by molar-refractivity contribution is 0.124. The first kappa shape index (κ1) is 21.6. The molecule has 2 amide bonds. The molecule has 1 aromatic heterocycles. The van der Waals surface area contributed by atoms with E-state index in [1.807, 2.05) is 49.1 Å². The molecule has 0 radical (unpaired) electrons. The van der Waals surface area contributed by atoms with Crippen molar-refractivity contribution >= 4 is 16.9 Å². The van der Waals surface area contributed by atoms with Crippen molar-refractivity contribution in [3.8, 4) is 11.8 Å². The summed E-state index contributed by atoms with van der Waals surface area (Å²) >= 11 is 0. The van der Waals surface area contributed by atoms with Crippen molar-refractivity contribution in [2.45, 2.75) is 44.7 Å². The van der Waals surface area contributed by atoms with Crippen LogP contribution in [0, 0.1) is 11.8 Å². The Morgan fingerprint density at radius 1 is 1.12 bits per heavy atom. The van der Waals surface area contributed by atoms with Crippen molar-refractivity contribution in [1.82, 2.24) is 20.1 Å². The zero-order valence-electron chi connectivity index (χ0n) is 19.7. The van der Waals surface area contributed by atoms with E-state index >= 15 is 0 Å². The molecular formula is C28H32N4O. The molecule has 3 aromatic rings. The van der Waals surface area contributed by atoms with E-state index in [0.29, 0.717) is 12.0 Å². The Morgan fingerprint density at radius 3 is 2.67 bits per heavy atom. The Morgan fingerprint density at radius 2 is 1.91 bits per heavy atom. The second kappa shape index (κ2) is 8.96. The summed E-state index contributed by atoms with van der Waals surface area (Å²) in [4.78, 5) is 20.6. The second-order valence-electron chi connectivity index (χ2n) is 9.24. The fraction of sp³-hybridized carbons (Fsp3) is 0.393. The summed E-state index contributed by atoms with van der Waals surface area (Å²) < 4.78 is 0. The molecule has 1 aliphatic heterocycles. The van der Waals surface area contributed by atoms with Crippen molar-refractivity contribution in [3.05, 3.63) is 70.9 Å². The van der Waals surface area contributed by atoms with Gasteiger partial charge in [-0.2, -0.15) is 0 Å². The van der Waals surface area contributed by atoms with Gasteiger partial charge in [0.2, 0.25) is 0 Å². The van der Waals surface area contributed by atoms with Gasteiger partial charge in [-0.25, -0.2) is 4.79 Å². The van der Waals surface area contributed by atoms with Crippen LogP contribution in [-0.4, -0.2) is 59.6 Å². The number of nitrogens with one attached hydrogen (secondary N) is 2. The number of H-pyrrole nitrogens is 1. The number of benzene rings is 2. The van der Waals surface area contributed by atoms with E-state index in [1.54, 1.807) is 0 Å². The van der Waals surface area contributed by atoms with E-state index < -0.39 is 0 Å². The second-order valence-corrected chi connectivity index (χ2v) is 9.24. The van der Waals surface area contributed by atoms with Gasteiger partial charge >= 0.3 is 6.03 Å². The molecule has 2 heterocycles. The first-order chi connectivity index (χ1) is 16.1. The Kier molecular flexibility index (Phi) is 5.86. The predicted molar refractivity (Wildman–Crippen MR) is 133 cm³/mol. The largest absolute Gasteiger partial charge is 0.348 e. The number of rotatable bonds is 3. The molecule has 1 aliphatic carbocycles. The molecule has 3 atom stereocenters. The van der Waals surface area contributed by atoms with E-state index in [9.17, 15) is 4.79 Å². The number of likely N-dealkylation sites (N-methyl/N-ethyl adjacent to an activating group) is 1. The van der Waals surface area contributed by atoms with Crippen LogP contribution in [0.4, 0.5) is 4.79 Å². The SMILES string of the molecule is CCN(CC)C(=O)N[C@H]1CC2c3cccc4[nH]c(C#Cc5ccccc5)c(c34)C[C@H]2N(C)C1. The number of aromatic amines is 1. The lowest BCUT2D eigenvalue weighted by atomic mass is 9.73. The van der Waals surface area contributed by atoms with Crippen LogP contribution >= 0.6 is 0 Å². The number of nitrogens with zero attached hydrogens (tertiary/aromatic N) is 2. The van der Waals surface area contributed by atoms with Crippen LogP contribution in [0.2, 0.25) is 0 Å². The summed E-state index contributed by atoms with van der Waals surface area (Å²) in [7, 11) is 2.19. The van der Waals surface area contributed by atoms with Gasteiger partial charge in [0.1, 0.15) is 0 Å².